The van der Waals surface area contributed by atoms with Gasteiger partial charge >= 0.3 is 0 Å². The van der Waals surface area contributed by atoms with Crippen LogP contribution in [0.5, 0.6) is 0 Å². The van der Waals surface area contributed by atoms with E-state index in [2.05, 4.69) is 44.3 Å². The maximum atomic E-state index is 12.8. The number of nitrogens with zero attached hydrogens (tertiary/aromatic N) is 4. The lowest BCUT2D eigenvalue weighted by atomic mass is 10.1. The molecule has 0 spiro atoms. The Morgan fingerprint density at radius 1 is 1.06 bits per heavy atom. The van der Waals surface area contributed by atoms with E-state index < -0.39 is 5.91 Å². The predicted molar refractivity (Wildman–Crippen MR) is 131 cm³/mol. The van der Waals surface area contributed by atoms with Gasteiger partial charge in [-0.1, -0.05) is 24.3 Å². The number of likely N-dealkylation sites (N-methyl/N-ethyl adjacent to an activating group) is 1. The van der Waals surface area contributed by atoms with E-state index in [1.165, 1.54) is 11.9 Å². The molecular formula is C25H29N7O2. The van der Waals surface area contributed by atoms with Gasteiger partial charge in [0, 0.05) is 56.1 Å². The summed E-state index contributed by atoms with van der Waals surface area (Å²) in [7, 11) is 2.14. The first-order valence-corrected chi connectivity index (χ1v) is 11.2. The number of nitrogens with one attached hydrogen (secondary N) is 1. The normalized spacial score (nSPS) is 14.1. The minimum absolute atomic E-state index is 0.0369. The van der Waals surface area contributed by atoms with Crippen molar-refractivity contribution < 1.29 is 9.59 Å². The molecule has 9 nitrogen and oxygen atoms in total. The molecule has 0 radical (unpaired) electrons. The van der Waals surface area contributed by atoms with Crippen LogP contribution in [0.25, 0.3) is 11.3 Å². The molecule has 4 rings (SSSR count). The second kappa shape index (κ2) is 10.4. The van der Waals surface area contributed by atoms with Crippen LogP contribution in [0, 0.1) is 0 Å². The smallest absolute Gasteiger partial charge is 0.269 e. The number of benzene rings is 2. The van der Waals surface area contributed by atoms with Gasteiger partial charge < -0.3 is 26.6 Å². The fraction of sp³-hybridized carbons (Fsp3) is 0.280. The molecule has 0 atom stereocenters. The maximum absolute atomic E-state index is 12.8. The van der Waals surface area contributed by atoms with Gasteiger partial charge in [0.25, 0.3) is 11.8 Å². The number of aromatic nitrogens is 2. The number of amides is 2. The third kappa shape index (κ3) is 5.38. The Hall–Kier alpha value is -3.82. The lowest BCUT2D eigenvalue weighted by Gasteiger charge is -2.34. The maximum Gasteiger partial charge on any atom is 0.269 e. The van der Waals surface area contributed by atoms with Crippen LogP contribution < -0.4 is 21.7 Å². The minimum atomic E-state index is -0.692. The number of carbonyl (C=O) groups is 2. The van der Waals surface area contributed by atoms with Crippen LogP contribution in [-0.2, 0) is 13.1 Å². The van der Waals surface area contributed by atoms with E-state index in [-0.39, 0.29) is 18.1 Å². The van der Waals surface area contributed by atoms with Gasteiger partial charge in [0.15, 0.2) is 5.69 Å². The fourth-order valence-corrected chi connectivity index (χ4v) is 3.89. The largest absolute Gasteiger partial charge is 0.369 e. The first-order valence-electron chi connectivity index (χ1n) is 11.2. The van der Waals surface area contributed by atoms with Crippen molar-refractivity contribution in [2.75, 3.05) is 38.1 Å². The number of primary amides is 1. The van der Waals surface area contributed by atoms with Gasteiger partial charge in [-0.15, -0.1) is 0 Å². The molecule has 5 N–H and O–H groups in total. The van der Waals surface area contributed by atoms with E-state index in [1.54, 1.807) is 24.3 Å². The van der Waals surface area contributed by atoms with Gasteiger partial charge in [-0.3, -0.25) is 14.6 Å². The van der Waals surface area contributed by atoms with Gasteiger partial charge in [0.1, 0.15) is 0 Å². The van der Waals surface area contributed by atoms with Crippen LogP contribution in [0.3, 0.4) is 0 Å². The van der Waals surface area contributed by atoms with Crippen LogP contribution in [0.4, 0.5) is 5.69 Å². The Bertz CT molecular complexity index is 1170. The second-order valence-corrected chi connectivity index (χ2v) is 8.34. The molecule has 9 heteroatoms. The van der Waals surface area contributed by atoms with Crippen LogP contribution in [0.2, 0.25) is 0 Å². The average molecular weight is 460 g/mol. The van der Waals surface area contributed by atoms with Crippen molar-refractivity contribution >= 4 is 17.5 Å². The third-order valence-corrected chi connectivity index (χ3v) is 5.95. The molecule has 1 aromatic heterocycles. The summed E-state index contributed by atoms with van der Waals surface area (Å²) < 4.78 is 0. The molecular weight excluding hydrogens is 430 g/mol. The number of rotatable bonds is 7. The van der Waals surface area contributed by atoms with Crippen LogP contribution in [0.1, 0.15) is 32.1 Å². The van der Waals surface area contributed by atoms with Gasteiger partial charge in [-0.2, -0.15) is 0 Å². The molecule has 0 bridgehead atoms. The Kier molecular flexibility index (Phi) is 7.15. The van der Waals surface area contributed by atoms with Gasteiger partial charge in [0.2, 0.25) is 0 Å². The van der Waals surface area contributed by atoms with E-state index in [9.17, 15) is 9.59 Å². The predicted octanol–water partition coefficient (Wildman–Crippen LogP) is 1.38. The van der Waals surface area contributed by atoms with Crippen molar-refractivity contribution in [3.63, 3.8) is 0 Å². The Balaban J connectivity index is 1.41. The first-order chi connectivity index (χ1) is 16.4. The molecule has 1 fully saturated rings. The van der Waals surface area contributed by atoms with E-state index in [0.717, 1.165) is 31.7 Å². The zero-order chi connectivity index (χ0) is 24.1. The highest BCUT2D eigenvalue weighted by atomic mass is 16.2. The first kappa shape index (κ1) is 23.3. The van der Waals surface area contributed by atoms with Crippen molar-refractivity contribution in [1.29, 1.82) is 0 Å². The molecule has 1 aliphatic heterocycles. The van der Waals surface area contributed by atoms with Crippen molar-refractivity contribution in [3.05, 3.63) is 77.2 Å². The minimum Gasteiger partial charge on any atom is -0.369 e. The fourth-order valence-electron chi connectivity index (χ4n) is 3.89. The molecule has 0 unspecified atom stereocenters. The third-order valence-electron chi connectivity index (χ3n) is 5.95. The lowest BCUT2D eigenvalue weighted by molar-refractivity contribution is 0.0949. The van der Waals surface area contributed by atoms with Crippen molar-refractivity contribution in [2.45, 2.75) is 13.1 Å². The standard InChI is InChI=1S/C25H29N7O2/c1-31-9-11-32(12-10-31)20-7-5-17(6-8-20)15-29-25(34)19-4-2-3-18(13-19)22-16-28-21(14-26)23(30-22)24(27)33/h2-8,13,16H,9-12,14-15,26H2,1H3,(H2,27,33)(H,29,34). The van der Waals surface area contributed by atoms with Crippen LogP contribution >= 0.6 is 0 Å². The molecule has 2 heterocycles. The van der Waals surface area contributed by atoms with Crippen LogP contribution in [-0.4, -0.2) is 59.9 Å². The summed E-state index contributed by atoms with van der Waals surface area (Å²) in [5.41, 5.74) is 15.2. The molecule has 2 aromatic carbocycles. The molecule has 1 saturated heterocycles. The number of hydrogen-bond donors (Lipinski definition) is 3. The number of hydrogen-bond acceptors (Lipinski definition) is 7. The highest BCUT2D eigenvalue weighted by Gasteiger charge is 2.15. The molecule has 176 valence electrons. The topological polar surface area (TPSA) is 130 Å². The van der Waals surface area contributed by atoms with E-state index in [4.69, 9.17) is 11.5 Å². The zero-order valence-corrected chi connectivity index (χ0v) is 19.2. The Labute approximate surface area is 198 Å². The molecule has 3 aromatic rings. The van der Waals surface area contributed by atoms with Gasteiger partial charge in [-0.05, 0) is 36.9 Å². The summed E-state index contributed by atoms with van der Waals surface area (Å²) in [6, 6.07) is 15.3. The second-order valence-electron chi connectivity index (χ2n) is 8.34. The van der Waals surface area contributed by atoms with Gasteiger partial charge in [-0.25, -0.2) is 4.98 Å². The van der Waals surface area contributed by atoms with Crippen LogP contribution in [0.15, 0.2) is 54.7 Å². The Morgan fingerprint density at radius 3 is 2.47 bits per heavy atom. The summed E-state index contributed by atoms with van der Waals surface area (Å²) in [6.07, 6.45) is 1.52. The molecule has 2 amide bonds. The number of nitrogens with two attached hydrogens (primary N) is 2. The number of piperazine rings is 1. The summed E-state index contributed by atoms with van der Waals surface area (Å²) in [4.78, 5) is 37.7. The Morgan fingerprint density at radius 2 is 1.79 bits per heavy atom. The summed E-state index contributed by atoms with van der Waals surface area (Å²) in [6.45, 7) is 4.63. The van der Waals surface area contributed by atoms with E-state index in [1.807, 2.05) is 12.1 Å². The highest BCUT2D eigenvalue weighted by molar-refractivity contribution is 5.95. The molecule has 1 aliphatic rings. The monoisotopic (exact) mass is 459 g/mol. The summed E-state index contributed by atoms with van der Waals surface area (Å²) in [5.74, 6) is -0.894. The molecule has 0 saturated carbocycles. The van der Waals surface area contributed by atoms with Crippen molar-refractivity contribution in [3.8, 4) is 11.3 Å². The zero-order valence-electron chi connectivity index (χ0n) is 19.2. The number of anilines is 1. The number of carbonyl (C=O) groups excluding carboxylic acids is 2. The van der Waals surface area contributed by atoms with Gasteiger partial charge in [0.05, 0.1) is 17.6 Å². The molecule has 0 aliphatic carbocycles. The SMILES string of the molecule is CN1CCN(c2ccc(CNC(=O)c3cccc(-c4cnc(CN)c(C(N)=O)n4)c3)cc2)CC1. The van der Waals surface area contributed by atoms with Crippen molar-refractivity contribution in [1.82, 2.24) is 20.2 Å². The molecule has 34 heavy (non-hydrogen) atoms. The van der Waals surface area contributed by atoms with Crippen molar-refractivity contribution in [2.24, 2.45) is 11.5 Å². The summed E-state index contributed by atoms with van der Waals surface area (Å²) in [5, 5.41) is 2.96. The lowest BCUT2D eigenvalue weighted by Crippen LogP contribution is -2.44. The quantitative estimate of drug-likeness (QED) is 0.487. The van der Waals surface area contributed by atoms with E-state index >= 15 is 0 Å². The van der Waals surface area contributed by atoms with E-state index in [0.29, 0.717) is 29.1 Å². The average Bonchev–Trinajstić information content (AvgIpc) is 2.87. The summed E-state index contributed by atoms with van der Waals surface area (Å²) >= 11 is 0. The highest BCUT2D eigenvalue weighted by Crippen LogP contribution is 2.20.